The minimum atomic E-state index is -0.637. The maximum absolute atomic E-state index is 11.5. The average molecular weight is 467 g/mol. The molecule has 1 heterocycles. The number of nitrogens with zero attached hydrogens (tertiary/aromatic N) is 3. The summed E-state index contributed by atoms with van der Waals surface area (Å²) in [5.41, 5.74) is -0.451. The van der Waals surface area contributed by atoms with Gasteiger partial charge in [0.2, 0.25) is 0 Å². The SMILES string of the molecule is O=[N+]([O-])c1c(Oc2ccc(Br)cc2)ncnc1Oc1ccc(Br)cc1. The van der Waals surface area contributed by atoms with E-state index in [0.717, 1.165) is 15.3 Å². The molecule has 0 unspecified atom stereocenters. The smallest absolute Gasteiger partial charge is 0.393 e. The standard InChI is InChI=1S/C16H9Br2N3O4/c17-10-1-5-12(6-2-10)24-15-14(21(22)23)16(20-9-19-15)25-13-7-3-11(18)4-8-13/h1-9H. The predicted molar refractivity (Wildman–Crippen MR) is 97.1 cm³/mol. The van der Waals surface area contributed by atoms with Gasteiger partial charge in [-0.2, -0.15) is 9.97 Å². The molecule has 126 valence electrons. The highest BCUT2D eigenvalue weighted by Crippen LogP contribution is 2.37. The third-order valence-electron chi connectivity index (χ3n) is 2.99. The molecule has 0 spiro atoms. The van der Waals surface area contributed by atoms with Crippen LogP contribution in [0.25, 0.3) is 0 Å². The van der Waals surface area contributed by atoms with Gasteiger partial charge in [-0.25, -0.2) is 0 Å². The Morgan fingerprint density at radius 1 is 0.800 bits per heavy atom. The van der Waals surface area contributed by atoms with Crippen molar-refractivity contribution >= 4 is 37.5 Å². The molecule has 0 amide bonds. The molecule has 9 heteroatoms. The molecule has 0 aliphatic carbocycles. The molecule has 0 aliphatic heterocycles. The molecule has 0 N–H and O–H groups in total. The third kappa shape index (κ3) is 4.31. The molecule has 0 radical (unpaired) electrons. The quantitative estimate of drug-likeness (QED) is 0.364. The number of aromatic nitrogens is 2. The molecule has 3 rings (SSSR count). The lowest BCUT2D eigenvalue weighted by atomic mass is 10.3. The van der Waals surface area contributed by atoms with Crippen molar-refractivity contribution in [2.75, 3.05) is 0 Å². The average Bonchev–Trinajstić information content (AvgIpc) is 2.59. The van der Waals surface area contributed by atoms with Crippen LogP contribution in [0, 0.1) is 10.1 Å². The van der Waals surface area contributed by atoms with Crippen LogP contribution in [-0.2, 0) is 0 Å². The first kappa shape index (κ1) is 17.3. The Balaban J connectivity index is 1.94. The van der Waals surface area contributed by atoms with Crippen LogP contribution in [0.4, 0.5) is 5.69 Å². The Labute approximate surface area is 159 Å². The highest BCUT2D eigenvalue weighted by molar-refractivity contribution is 9.10. The fraction of sp³-hybridized carbons (Fsp3) is 0. The van der Waals surface area contributed by atoms with Crippen LogP contribution >= 0.6 is 31.9 Å². The number of nitro groups is 1. The molecule has 0 saturated heterocycles. The summed E-state index contributed by atoms with van der Waals surface area (Å²) in [5, 5.41) is 11.5. The summed E-state index contributed by atoms with van der Waals surface area (Å²) in [6, 6.07) is 13.6. The van der Waals surface area contributed by atoms with Gasteiger partial charge < -0.3 is 9.47 Å². The van der Waals surface area contributed by atoms with E-state index in [1.165, 1.54) is 0 Å². The van der Waals surface area contributed by atoms with Crippen molar-refractivity contribution in [3.63, 3.8) is 0 Å². The zero-order valence-electron chi connectivity index (χ0n) is 12.4. The van der Waals surface area contributed by atoms with E-state index in [1.807, 2.05) is 0 Å². The van der Waals surface area contributed by atoms with Crippen LogP contribution in [0.3, 0.4) is 0 Å². The van der Waals surface area contributed by atoms with E-state index in [9.17, 15) is 10.1 Å². The first-order chi connectivity index (χ1) is 12.0. The summed E-state index contributed by atoms with van der Waals surface area (Å²) in [5.74, 6) is 0.406. The van der Waals surface area contributed by atoms with Crippen molar-refractivity contribution < 1.29 is 14.4 Å². The molecular formula is C16H9Br2N3O4. The summed E-state index contributed by atoms with van der Waals surface area (Å²) in [6.45, 7) is 0. The highest BCUT2D eigenvalue weighted by atomic mass is 79.9. The molecule has 7 nitrogen and oxygen atoms in total. The summed E-state index contributed by atoms with van der Waals surface area (Å²) < 4.78 is 12.8. The van der Waals surface area contributed by atoms with E-state index in [0.29, 0.717) is 11.5 Å². The summed E-state index contributed by atoms with van der Waals surface area (Å²) in [7, 11) is 0. The van der Waals surface area contributed by atoms with E-state index in [4.69, 9.17) is 9.47 Å². The molecule has 0 aliphatic rings. The van der Waals surface area contributed by atoms with Crippen LogP contribution in [0.1, 0.15) is 0 Å². The number of hydrogen-bond donors (Lipinski definition) is 0. The van der Waals surface area contributed by atoms with Crippen molar-refractivity contribution in [3.05, 3.63) is 73.9 Å². The highest BCUT2D eigenvalue weighted by Gasteiger charge is 2.27. The fourth-order valence-electron chi connectivity index (χ4n) is 1.88. The summed E-state index contributed by atoms with van der Waals surface area (Å²) in [4.78, 5) is 18.6. The van der Waals surface area contributed by atoms with E-state index in [2.05, 4.69) is 41.8 Å². The second kappa shape index (κ2) is 7.58. The summed E-state index contributed by atoms with van der Waals surface area (Å²) >= 11 is 6.62. The minimum absolute atomic E-state index is 0.200. The lowest BCUT2D eigenvalue weighted by molar-refractivity contribution is -0.387. The van der Waals surface area contributed by atoms with Gasteiger partial charge >= 0.3 is 17.4 Å². The first-order valence-corrected chi connectivity index (χ1v) is 8.48. The normalized spacial score (nSPS) is 10.3. The van der Waals surface area contributed by atoms with E-state index < -0.39 is 10.6 Å². The van der Waals surface area contributed by atoms with Crippen LogP contribution in [0.15, 0.2) is 63.8 Å². The number of hydrogen-bond acceptors (Lipinski definition) is 6. The molecule has 0 saturated carbocycles. The fourth-order valence-corrected chi connectivity index (χ4v) is 2.41. The van der Waals surface area contributed by atoms with Crippen molar-refractivity contribution in [1.29, 1.82) is 0 Å². The number of rotatable bonds is 5. The molecule has 0 bridgehead atoms. The van der Waals surface area contributed by atoms with Crippen LogP contribution in [0.5, 0.6) is 23.3 Å². The van der Waals surface area contributed by atoms with Gasteiger partial charge in [0.25, 0.3) is 0 Å². The molecule has 3 aromatic rings. The number of ether oxygens (including phenoxy) is 2. The number of halogens is 2. The van der Waals surface area contributed by atoms with Crippen molar-refractivity contribution in [2.24, 2.45) is 0 Å². The molecule has 1 aromatic heterocycles. The predicted octanol–water partition coefficient (Wildman–Crippen LogP) is 5.49. The lowest BCUT2D eigenvalue weighted by Crippen LogP contribution is -2.01. The lowest BCUT2D eigenvalue weighted by Gasteiger charge is -2.08. The van der Waals surface area contributed by atoms with Crippen molar-refractivity contribution in [2.45, 2.75) is 0 Å². The maximum Gasteiger partial charge on any atom is 0.393 e. The molecule has 0 atom stereocenters. The third-order valence-corrected chi connectivity index (χ3v) is 4.05. The van der Waals surface area contributed by atoms with Crippen LogP contribution in [-0.4, -0.2) is 14.9 Å². The van der Waals surface area contributed by atoms with Crippen molar-refractivity contribution in [1.82, 2.24) is 9.97 Å². The Kier molecular flexibility index (Phi) is 5.25. The van der Waals surface area contributed by atoms with Gasteiger partial charge in [0.15, 0.2) is 0 Å². The van der Waals surface area contributed by atoms with Gasteiger partial charge in [-0.05, 0) is 48.5 Å². The Morgan fingerprint density at radius 3 is 1.56 bits per heavy atom. The van der Waals surface area contributed by atoms with Gasteiger partial charge in [-0.15, -0.1) is 0 Å². The molecule has 2 aromatic carbocycles. The van der Waals surface area contributed by atoms with E-state index in [1.54, 1.807) is 48.5 Å². The first-order valence-electron chi connectivity index (χ1n) is 6.89. The number of benzene rings is 2. The van der Waals surface area contributed by atoms with Crippen molar-refractivity contribution in [3.8, 4) is 23.3 Å². The van der Waals surface area contributed by atoms with Gasteiger partial charge in [0, 0.05) is 8.95 Å². The van der Waals surface area contributed by atoms with Gasteiger partial charge in [0.1, 0.15) is 17.8 Å². The van der Waals surface area contributed by atoms with Crippen LogP contribution < -0.4 is 9.47 Å². The van der Waals surface area contributed by atoms with Gasteiger partial charge in [-0.1, -0.05) is 31.9 Å². The Hall–Kier alpha value is -2.52. The zero-order valence-corrected chi connectivity index (χ0v) is 15.6. The summed E-state index contributed by atoms with van der Waals surface area (Å²) in [6.07, 6.45) is 1.15. The second-order valence-corrected chi connectivity index (χ2v) is 6.53. The van der Waals surface area contributed by atoms with E-state index in [-0.39, 0.29) is 11.8 Å². The zero-order chi connectivity index (χ0) is 17.8. The van der Waals surface area contributed by atoms with Crippen LogP contribution in [0.2, 0.25) is 0 Å². The topological polar surface area (TPSA) is 87.4 Å². The molecule has 0 fully saturated rings. The Bertz CT molecular complexity index is 837. The largest absolute Gasteiger partial charge is 0.433 e. The van der Waals surface area contributed by atoms with Gasteiger partial charge in [-0.3, -0.25) is 10.1 Å². The molecule has 25 heavy (non-hydrogen) atoms. The van der Waals surface area contributed by atoms with E-state index >= 15 is 0 Å². The second-order valence-electron chi connectivity index (χ2n) is 4.70. The Morgan fingerprint density at radius 2 is 1.20 bits per heavy atom. The minimum Gasteiger partial charge on any atom is -0.433 e. The molecular weight excluding hydrogens is 458 g/mol. The maximum atomic E-state index is 11.5. The van der Waals surface area contributed by atoms with Gasteiger partial charge in [0.05, 0.1) is 4.92 Å². The monoisotopic (exact) mass is 465 g/mol.